The number of methoxy groups -OCH3 is 1. The summed E-state index contributed by atoms with van der Waals surface area (Å²) in [6.07, 6.45) is 2.73. The van der Waals surface area contributed by atoms with E-state index in [0.29, 0.717) is 19.4 Å². The fourth-order valence-corrected chi connectivity index (χ4v) is 2.77. The van der Waals surface area contributed by atoms with E-state index in [4.69, 9.17) is 4.74 Å². The van der Waals surface area contributed by atoms with Crippen LogP contribution in [0.2, 0.25) is 0 Å². The molecule has 0 atom stereocenters. The Labute approximate surface area is 128 Å². The summed E-state index contributed by atoms with van der Waals surface area (Å²) < 4.78 is 5.34. The number of rotatable bonds is 7. The van der Waals surface area contributed by atoms with Gasteiger partial charge in [0.15, 0.2) is 0 Å². The summed E-state index contributed by atoms with van der Waals surface area (Å²) in [6, 6.07) is 7.79. The van der Waals surface area contributed by atoms with Crippen LogP contribution < -0.4 is 10.1 Å². The second-order valence-electron chi connectivity index (χ2n) is 4.44. The Kier molecular flexibility index (Phi) is 5.51. The van der Waals surface area contributed by atoms with Crippen LogP contribution in [0.5, 0.6) is 5.75 Å². The monoisotopic (exact) mass is 302 g/mol. The molecule has 1 N–H and O–H groups in total. The number of carbonyl (C=O) groups excluding carboxylic acids is 1. The Morgan fingerprint density at radius 1 is 1.48 bits per heavy atom. The van der Waals surface area contributed by atoms with E-state index in [2.05, 4.69) is 16.9 Å². The van der Waals surface area contributed by atoms with Gasteiger partial charge in [0.1, 0.15) is 10.8 Å². The molecule has 21 heavy (non-hydrogen) atoms. The molecule has 0 aliphatic heterocycles. The molecule has 1 heterocycles. The fourth-order valence-electron chi connectivity index (χ4n) is 1.88. The van der Waals surface area contributed by atoms with Crippen molar-refractivity contribution in [3.8, 4) is 16.3 Å². The normalized spacial score (nSPS) is 10.1. The Bertz CT molecular complexity index is 622. The van der Waals surface area contributed by atoms with Crippen molar-refractivity contribution in [3.63, 3.8) is 0 Å². The van der Waals surface area contributed by atoms with E-state index in [9.17, 15) is 4.79 Å². The first kappa shape index (κ1) is 15.3. The van der Waals surface area contributed by atoms with Gasteiger partial charge >= 0.3 is 0 Å². The predicted octanol–water partition coefficient (Wildman–Crippen LogP) is 3.05. The van der Waals surface area contributed by atoms with Crippen molar-refractivity contribution < 1.29 is 9.53 Å². The van der Waals surface area contributed by atoms with Crippen molar-refractivity contribution in [2.75, 3.05) is 13.7 Å². The van der Waals surface area contributed by atoms with Gasteiger partial charge in [-0.15, -0.1) is 17.9 Å². The van der Waals surface area contributed by atoms with Gasteiger partial charge < -0.3 is 10.1 Å². The van der Waals surface area contributed by atoms with Crippen LogP contribution in [-0.2, 0) is 11.2 Å². The molecule has 0 saturated carbocycles. The Hall–Kier alpha value is -2.14. The molecule has 5 heteroatoms. The summed E-state index contributed by atoms with van der Waals surface area (Å²) in [5.74, 6) is 0.823. The standard InChI is InChI=1S/C16H18N2O2S/c1-3-10-17-15(19)9-8-12-11-21-16(18-12)13-6-4-5-7-14(13)20-2/h3-7,11H,1,8-10H2,2H3,(H,17,19). The van der Waals surface area contributed by atoms with E-state index in [-0.39, 0.29) is 5.91 Å². The Balaban J connectivity index is 2.01. The lowest BCUT2D eigenvalue weighted by atomic mass is 10.2. The summed E-state index contributed by atoms with van der Waals surface area (Å²) in [5.41, 5.74) is 1.90. The Morgan fingerprint density at radius 2 is 2.29 bits per heavy atom. The first-order valence-electron chi connectivity index (χ1n) is 6.70. The molecule has 0 saturated heterocycles. The smallest absolute Gasteiger partial charge is 0.220 e. The molecule has 0 aliphatic carbocycles. The molecule has 110 valence electrons. The average Bonchev–Trinajstić information content (AvgIpc) is 2.99. The van der Waals surface area contributed by atoms with Crippen molar-refractivity contribution in [2.24, 2.45) is 0 Å². The maximum atomic E-state index is 11.5. The van der Waals surface area contributed by atoms with Crippen LogP contribution in [0, 0.1) is 0 Å². The molecular weight excluding hydrogens is 284 g/mol. The number of carbonyl (C=O) groups is 1. The summed E-state index contributed by atoms with van der Waals surface area (Å²) in [6.45, 7) is 4.07. The molecule has 1 aromatic heterocycles. The van der Waals surface area contributed by atoms with Crippen LogP contribution in [0.15, 0.2) is 42.3 Å². The number of nitrogens with zero attached hydrogens (tertiary/aromatic N) is 1. The second kappa shape index (κ2) is 7.59. The van der Waals surface area contributed by atoms with E-state index >= 15 is 0 Å². The van der Waals surface area contributed by atoms with Gasteiger partial charge in [-0.05, 0) is 18.6 Å². The zero-order chi connectivity index (χ0) is 15.1. The van der Waals surface area contributed by atoms with Crippen LogP contribution in [0.3, 0.4) is 0 Å². The van der Waals surface area contributed by atoms with Gasteiger partial charge in [-0.1, -0.05) is 18.2 Å². The van der Waals surface area contributed by atoms with Crippen molar-refractivity contribution in [1.82, 2.24) is 10.3 Å². The van der Waals surface area contributed by atoms with E-state index in [1.54, 1.807) is 24.5 Å². The molecule has 4 nitrogen and oxygen atoms in total. The molecule has 2 aromatic rings. The van der Waals surface area contributed by atoms with Gasteiger partial charge in [0.25, 0.3) is 0 Å². The minimum atomic E-state index is 0.0155. The largest absolute Gasteiger partial charge is 0.496 e. The van der Waals surface area contributed by atoms with Crippen LogP contribution in [0.4, 0.5) is 0 Å². The number of aromatic nitrogens is 1. The summed E-state index contributed by atoms with van der Waals surface area (Å²) in [5, 5.41) is 5.66. The highest BCUT2D eigenvalue weighted by Crippen LogP contribution is 2.31. The zero-order valence-corrected chi connectivity index (χ0v) is 12.8. The first-order chi connectivity index (χ1) is 10.2. The van der Waals surface area contributed by atoms with Gasteiger partial charge in [0, 0.05) is 18.3 Å². The maximum Gasteiger partial charge on any atom is 0.220 e. The fraction of sp³-hybridized carbons (Fsp3) is 0.250. The molecule has 0 bridgehead atoms. The van der Waals surface area contributed by atoms with Crippen molar-refractivity contribution >= 4 is 17.2 Å². The zero-order valence-electron chi connectivity index (χ0n) is 12.0. The van der Waals surface area contributed by atoms with Crippen molar-refractivity contribution in [3.05, 3.63) is 48.0 Å². The number of hydrogen-bond acceptors (Lipinski definition) is 4. The number of amides is 1. The van der Waals surface area contributed by atoms with E-state index in [1.165, 1.54) is 0 Å². The minimum absolute atomic E-state index is 0.0155. The SMILES string of the molecule is C=CCNC(=O)CCc1csc(-c2ccccc2OC)n1. The number of thiazole rings is 1. The lowest BCUT2D eigenvalue weighted by Crippen LogP contribution is -2.23. The number of hydrogen-bond donors (Lipinski definition) is 1. The highest BCUT2D eigenvalue weighted by molar-refractivity contribution is 7.13. The summed E-state index contributed by atoms with van der Waals surface area (Å²) in [4.78, 5) is 16.1. The topological polar surface area (TPSA) is 51.2 Å². The second-order valence-corrected chi connectivity index (χ2v) is 5.30. The van der Waals surface area contributed by atoms with Crippen LogP contribution in [0.25, 0.3) is 10.6 Å². The third-order valence-electron chi connectivity index (χ3n) is 2.94. The molecule has 1 amide bonds. The van der Waals surface area contributed by atoms with E-state index in [1.807, 2.05) is 29.6 Å². The average molecular weight is 302 g/mol. The first-order valence-corrected chi connectivity index (χ1v) is 7.58. The summed E-state index contributed by atoms with van der Waals surface area (Å²) in [7, 11) is 1.65. The third kappa shape index (κ3) is 4.16. The predicted molar refractivity (Wildman–Crippen MR) is 85.6 cm³/mol. The van der Waals surface area contributed by atoms with Crippen LogP contribution in [0.1, 0.15) is 12.1 Å². The van der Waals surface area contributed by atoms with Crippen molar-refractivity contribution in [2.45, 2.75) is 12.8 Å². The van der Waals surface area contributed by atoms with Gasteiger partial charge in [-0.25, -0.2) is 4.98 Å². The van der Waals surface area contributed by atoms with Crippen LogP contribution >= 0.6 is 11.3 Å². The number of benzene rings is 1. The number of nitrogens with one attached hydrogen (secondary N) is 1. The minimum Gasteiger partial charge on any atom is -0.496 e. The molecule has 0 radical (unpaired) electrons. The molecule has 1 aromatic carbocycles. The van der Waals surface area contributed by atoms with E-state index in [0.717, 1.165) is 22.0 Å². The molecule has 0 aliphatic rings. The molecular formula is C16H18N2O2S. The number of para-hydroxylation sites is 1. The highest BCUT2D eigenvalue weighted by Gasteiger charge is 2.10. The summed E-state index contributed by atoms with van der Waals surface area (Å²) >= 11 is 1.56. The molecule has 2 rings (SSSR count). The van der Waals surface area contributed by atoms with Gasteiger partial charge in [0.2, 0.25) is 5.91 Å². The van der Waals surface area contributed by atoms with Crippen molar-refractivity contribution in [1.29, 1.82) is 0 Å². The van der Waals surface area contributed by atoms with Gasteiger partial charge in [0.05, 0.1) is 18.4 Å². The maximum absolute atomic E-state index is 11.5. The highest BCUT2D eigenvalue weighted by atomic mass is 32.1. The van der Waals surface area contributed by atoms with Crippen LogP contribution in [-0.4, -0.2) is 24.5 Å². The third-order valence-corrected chi connectivity index (χ3v) is 3.87. The van der Waals surface area contributed by atoms with Gasteiger partial charge in [-0.2, -0.15) is 0 Å². The molecule has 0 unspecified atom stereocenters. The lowest BCUT2D eigenvalue weighted by Gasteiger charge is -2.04. The number of aryl methyl sites for hydroxylation is 1. The lowest BCUT2D eigenvalue weighted by molar-refractivity contribution is -0.120. The Morgan fingerprint density at radius 3 is 3.05 bits per heavy atom. The quantitative estimate of drug-likeness (QED) is 0.800. The number of ether oxygens (including phenoxy) is 1. The molecule has 0 fully saturated rings. The molecule has 0 spiro atoms. The van der Waals surface area contributed by atoms with Gasteiger partial charge in [-0.3, -0.25) is 4.79 Å². The van der Waals surface area contributed by atoms with E-state index < -0.39 is 0 Å².